The fourth-order valence-corrected chi connectivity index (χ4v) is 2.35. The van der Waals surface area contributed by atoms with Crippen molar-refractivity contribution in [1.29, 1.82) is 0 Å². The van der Waals surface area contributed by atoms with Crippen LogP contribution >= 0.6 is 0 Å². The summed E-state index contributed by atoms with van der Waals surface area (Å²) in [5.74, 6) is -1.80. The molecule has 14 heavy (non-hydrogen) atoms. The highest BCUT2D eigenvalue weighted by Gasteiger charge is 2.46. The number of hydrogen-bond donors (Lipinski definition) is 0. The third-order valence-electron chi connectivity index (χ3n) is 3.34. The van der Waals surface area contributed by atoms with Gasteiger partial charge in [-0.3, -0.25) is 0 Å². The lowest BCUT2D eigenvalue weighted by atomic mass is 9.88. The van der Waals surface area contributed by atoms with E-state index in [2.05, 4.69) is 0 Å². The lowest BCUT2D eigenvalue weighted by Crippen LogP contribution is -2.42. The normalized spacial score (nSPS) is 28.7. The number of halogens is 2. The van der Waals surface area contributed by atoms with Crippen LogP contribution in [0.1, 0.15) is 44.9 Å². The molecule has 0 heterocycles. The maximum Gasteiger partial charge on any atom is 0.253 e. The SMILES string of the molecule is FC1(F)CC(OCC2CCCCC2)C1. The Bertz CT molecular complexity index is 180. The van der Waals surface area contributed by atoms with Gasteiger partial charge in [0.2, 0.25) is 0 Å². The van der Waals surface area contributed by atoms with Gasteiger partial charge >= 0.3 is 0 Å². The van der Waals surface area contributed by atoms with Crippen molar-refractivity contribution in [2.24, 2.45) is 5.92 Å². The molecule has 0 spiro atoms. The van der Waals surface area contributed by atoms with Gasteiger partial charge in [-0.25, -0.2) is 8.78 Å². The van der Waals surface area contributed by atoms with Gasteiger partial charge in [-0.15, -0.1) is 0 Å². The summed E-state index contributed by atoms with van der Waals surface area (Å²) in [4.78, 5) is 0. The van der Waals surface area contributed by atoms with E-state index in [-0.39, 0.29) is 18.9 Å². The maximum absolute atomic E-state index is 12.5. The van der Waals surface area contributed by atoms with E-state index in [0.717, 1.165) is 0 Å². The van der Waals surface area contributed by atoms with Crippen LogP contribution in [0.2, 0.25) is 0 Å². The van der Waals surface area contributed by atoms with Crippen molar-refractivity contribution in [2.75, 3.05) is 6.61 Å². The smallest absolute Gasteiger partial charge is 0.253 e. The number of ether oxygens (including phenoxy) is 1. The van der Waals surface area contributed by atoms with Crippen molar-refractivity contribution >= 4 is 0 Å². The van der Waals surface area contributed by atoms with E-state index < -0.39 is 5.92 Å². The van der Waals surface area contributed by atoms with Crippen molar-refractivity contribution in [1.82, 2.24) is 0 Å². The lowest BCUT2D eigenvalue weighted by Gasteiger charge is -2.36. The van der Waals surface area contributed by atoms with Gasteiger partial charge in [-0.1, -0.05) is 19.3 Å². The highest BCUT2D eigenvalue weighted by atomic mass is 19.3. The molecule has 2 aliphatic rings. The monoisotopic (exact) mass is 204 g/mol. The highest BCUT2D eigenvalue weighted by Crippen LogP contribution is 2.39. The lowest BCUT2D eigenvalue weighted by molar-refractivity contribution is -0.170. The van der Waals surface area contributed by atoms with Gasteiger partial charge in [-0.05, 0) is 18.8 Å². The Morgan fingerprint density at radius 3 is 2.29 bits per heavy atom. The van der Waals surface area contributed by atoms with Crippen molar-refractivity contribution in [3.8, 4) is 0 Å². The molecule has 0 saturated heterocycles. The molecule has 2 aliphatic carbocycles. The second-order valence-corrected chi connectivity index (χ2v) is 4.72. The average Bonchev–Trinajstić information content (AvgIpc) is 2.13. The van der Waals surface area contributed by atoms with Crippen molar-refractivity contribution < 1.29 is 13.5 Å². The predicted molar refractivity (Wildman–Crippen MR) is 50.5 cm³/mol. The van der Waals surface area contributed by atoms with E-state index >= 15 is 0 Å². The zero-order chi connectivity index (χ0) is 10.0. The van der Waals surface area contributed by atoms with Crippen LogP contribution < -0.4 is 0 Å². The van der Waals surface area contributed by atoms with Crippen molar-refractivity contribution in [3.63, 3.8) is 0 Å². The molecule has 82 valence electrons. The molecule has 0 aromatic heterocycles. The topological polar surface area (TPSA) is 9.23 Å². The van der Waals surface area contributed by atoms with Gasteiger partial charge in [0, 0.05) is 19.4 Å². The number of rotatable bonds is 3. The summed E-state index contributed by atoms with van der Waals surface area (Å²) >= 11 is 0. The molecule has 3 heteroatoms. The van der Waals surface area contributed by atoms with Crippen LogP contribution in [0.5, 0.6) is 0 Å². The fraction of sp³-hybridized carbons (Fsp3) is 1.00. The van der Waals surface area contributed by atoms with E-state index in [1.807, 2.05) is 0 Å². The molecule has 0 atom stereocenters. The Balaban J connectivity index is 1.59. The van der Waals surface area contributed by atoms with E-state index in [4.69, 9.17) is 4.74 Å². The van der Waals surface area contributed by atoms with Crippen LogP contribution in [0.4, 0.5) is 8.78 Å². The first-order chi connectivity index (χ1) is 6.66. The molecule has 0 radical (unpaired) electrons. The third-order valence-corrected chi connectivity index (χ3v) is 3.34. The van der Waals surface area contributed by atoms with Gasteiger partial charge in [-0.2, -0.15) is 0 Å². The Morgan fingerprint density at radius 2 is 1.71 bits per heavy atom. The van der Waals surface area contributed by atoms with Gasteiger partial charge in [0.1, 0.15) is 0 Å². The van der Waals surface area contributed by atoms with E-state index in [9.17, 15) is 8.78 Å². The largest absolute Gasteiger partial charge is 0.377 e. The average molecular weight is 204 g/mol. The van der Waals surface area contributed by atoms with Crippen LogP contribution in [0.3, 0.4) is 0 Å². The highest BCUT2D eigenvalue weighted by molar-refractivity contribution is 4.87. The van der Waals surface area contributed by atoms with Crippen LogP contribution in [-0.2, 0) is 4.74 Å². The quantitative estimate of drug-likeness (QED) is 0.684. The summed E-state index contributed by atoms with van der Waals surface area (Å²) in [6.45, 7) is 0.709. The minimum Gasteiger partial charge on any atom is -0.377 e. The Hall–Kier alpha value is -0.180. The van der Waals surface area contributed by atoms with Crippen molar-refractivity contribution in [3.05, 3.63) is 0 Å². The van der Waals surface area contributed by atoms with Crippen LogP contribution in [0, 0.1) is 5.92 Å². The molecular formula is C11H18F2O. The molecule has 0 bridgehead atoms. The summed E-state index contributed by atoms with van der Waals surface area (Å²) in [6.07, 6.45) is 6.08. The minimum atomic E-state index is -2.43. The molecule has 0 aromatic rings. The summed E-state index contributed by atoms with van der Waals surface area (Å²) in [6, 6.07) is 0. The van der Waals surface area contributed by atoms with Crippen molar-refractivity contribution in [2.45, 2.75) is 57.0 Å². The second kappa shape index (κ2) is 4.13. The standard InChI is InChI=1S/C11H18F2O/c12-11(13)6-10(7-11)14-8-9-4-2-1-3-5-9/h9-10H,1-8H2. The zero-order valence-corrected chi connectivity index (χ0v) is 8.48. The Kier molecular flexibility index (Phi) is 3.05. The van der Waals surface area contributed by atoms with E-state index in [1.54, 1.807) is 0 Å². The molecule has 0 aromatic carbocycles. The second-order valence-electron chi connectivity index (χ2n) is 4.72. The first-order valence-electron chi connectivity index (χ1n) is 5.65. The Labute approximate surface area is 83.8 Å². The molecular weight excluding hydrogens is 186 g/mol. The molecule has 0 unspecified atom stereocenters. The van der Waals surface area contributed by atoms with Crippen LogP contribution in [0.15, 0.2) is 0 Å². The molecule has 0 N–H and O–H groups in total. The van der Waals surface area contributed by atoms with Gasteiger partial charge in [0.05, 0.1) is 6.10 Å². The van der Waals surface area contributed by atoms with E-state index in [1.165, 1.54) is 32.1 Å². The minimum absolute atomic E-state index is 0.0558. The van der Waals surface area contributed by atoms with Crippen LogP contribution in [0.25, 0.3) is 0 Å². The summed E-state index contributed by atoms with van der Waals surface area (Å²) in [5.41, 5.74) is 0. The predicted octanol–water partition coefficient (Wildman–Crippen LogP) is 3.38. The van der Waals surface area contributed by atoms with Gasteiger partial charge in [0.25, 0.3) is 5.92 Å². The van der Waals surface area contributed by atoms with Crippen LogP contribution in [-0.4, -0.2) is 18.6 Å². The molecule has 2 rings (SSSR count). The fourth-order valence-electron chi connectivity index (χ4n) is 2.35. The summed E-state index contributed by atoms with van der Waals surface area (Å²) < 4.78 is 30.4. The zero-order valence-electron chi connectivity index (χ0n) is 8.48. The molecule has 2 saturated carbocycles. The molecule has 2 fully saturated rings. The van der Waals surface area contributed by atoms with Gasteiger partial charge < -0.3 is 4.74 Å². The summed E-state index contributed by atoms with van der Waals surface area (Å²) in [5, 5.41) is 0. The first kappa shape index (κ1) is 10.3. The maximum atomic E-state index is 12.5. The van der Waals surface area contributed by atoms with E-state index in [0.29, 0.717) is 12.5 Å². The first-order valence-corrected chi connectivity index (χ1v) is 5.65. The molecule has 0 amide bonds. The molecule has 1 nitrogen and oxygen atoms in total. The summed E-state index contributed by atoms with van der Waals surface area (Å²) in [7, 11) is 0. The Morgan fingerprint density at radius 1 is 1.07 bits per heavy atom. The number of alkyl halides is 2. The number of hydrogen-bond acceptors (Lipinski definition) is 1. The third kappa shape index (κ3) is 2.66. The van der Waals surface area contributed by atoms with Gasteiger partial charge in [0.15, 0.2) is 0 Å². The molecule has 0 aliphatic heterocycles.